The third-order valence-corrected chi connectivity index (χ3v) is 4.78. The number of rotatable bonds is 4. The Labute approximate surface area is 158 Å². The molecule has 0 atom stereocenters. The third kappa shape index (κ3) is 3.18. The Morgan fingerprint density at radius 3 is 2.00 bits per heavy atom. The number of carbonyl (C=O) groups excluding carboxylic acids is 3. The number of benzene rings is 2. The first-order valence-electron chi connectivity index (χ1n) is 7.74. The maximum Gasteiger partial charge on any atom is 0.262 e. The number of hydrogen-bond acceptors (Lipinski definition) is 3. The average Bonchev–Trinajstić information content (AvgIpc) is 2.82. The molecular weight excluding hydrogens is 382 g/mol. The molecule has 3 amide bonds. The summed E-state index contributed by atoms with van der Waals surface area (Å²) in [5.74, 6) is -2.10. The predicted molar refractivity (Wildman–Crippen MR) is 96.3 cm³/mol. The van der Waals surface area contributed by atoms with Crippen LogP contribution in [0.3, 0.4) is 0 Å². The molecule has 0 spiro atoms. The highest BCUT2D eigenvalue weighted by Crippen LogP contribution is 2.31. The number of fused-ring (bicyclic) bond motifs is 1. The number of carbonyl (C=O) groups is 3. The number of halogens is 3. The molecule has 8 heteroatoms. The van der Waals surface area contributed by atoms with Crippen molar-refractivity contribution in [3.8, 4) is 0 Å². The second-order valence-corrected chi connectivity index (χ2v) is 6.44. The minimum Gasteiger partial charge on any atom is -0.311 e. The van der Waals surface area contributed by atoms with Crippen LogP contribution in [0.4, 0.5) is 10.1 Å². The van der Waals surface area contributed by atoms with Gasteiger partial charge in [0, 0.05) is 12.2 Å². The molecule has 2 aromatic carbocycles. The molecule has 0 saturated heterocycles. The largest absolute Gasteiger partial charge is 0.311 e. The van der Waals surface area contributed by atoms with Crippen LogP contribution in [0.15, 0.2) is 36.4 Å². The lowest BCUT2D eigenvalue weighted by molar-refractivity contribution is -0.118. The van der Waals surface area contributed by atoms with Gasteiger partial charge >= 0.3 is 0 Å². The number of anilines is 1. The van der Waals surface area contributed by atoms with E-state index in [2.05, 4.69) is 0 Å². The first-order chi connectivity index (χ1) is 12.3. The summed E-state index contributed by atoms with van der Waals surface area (Å²) in [5.41, 5.74) is 0.700. The smallest absolute Gasteiger partial charge is 0.262 e. The second-order valence-electron chi connectivity index (χ2n) is 5.62. The average molecular weight is 395 g/mol. The quantitative estimate of drug-likeness (QED) is 0.741. The van der Waals surface area contributed by atoms with Crippen LogP contribution in [-0.2, 0) is 4.79 Å². The van der Waals surface area contributed by atoms with Crippen LogP contribution in [0.25, 0.3) is 0 Å². The molecule has 3 rings (SSSR count). The number of imide groups is 1. The minimum atomic E-state index is -0.605. The topological polar surface area (TPSA) is 57.7 Å². The highest BCUT2D eigenvalue weighted by molar-refractivity contribution is 6.43. The molecule has 0 saturated carbocycles. The Kier molecular flexibility index (Phi) is 4.98. The highest BCUT2D eigenvalue weighted by Gasteiger charge is 2.38. The lowest BCUT2D eigenvalue weighted by Crippen LogP contribution is -2.42. The van der Waals surface area contributed by atoms with E-state index >= 15 is 0 Å². The van der Waals surface area contributed by atoms with Gasteiger partial charge in [-0.3, -0.25) is 19.3 Å². The maximum atomic E-state index is 13.1. The Morgan fingerprint density at radius 1 is 1.04 bits per heavy atom. The van der Waals surface area contributed by atoms with E-state index in [0.717, 1.165) is 4.90 Å². The van der Waals surface area contributed by atoms with Crippen LogP contribution in [-0.4, -0.2) is 35.7 Å². The van der Waals surface area contributed by atoms with Crippen molar-refractivity contribution < 1.29 is 18.8 Å². The van der Waals surface area contributed by atoms with Crippen LogP contribution in [0.2, 0.25) is 10.0 Å². The van der Waals surface area contributed by atoms with Crippen molar-refractivity contribution in [2.45, 2.75) is 6.92 Å². The SMILES string of the molecule is CCN(C(=O)CN1C(=O)c2cc(Cl)c(Cl)cc2C1=O)c1ccc(F)cc1. The van der Waals surface area contributed by atoms with Crippen LogP contribution in [0.1, 0.15) is 27.6 Å². The maximum absolute atomic E-state index is 13.1. The zero-order valence-electron chi connectivity index (χ0n) is 13.6. The fraction of sp³-hybridized carbons (Fsp3) is 0.167. The molecule has 1 aliphatic rings. The van der Waals surface area contributed by atoms with Crippen molar-refractivity contribution in [3.05, 3.63) is 63.4 Å². The normalized spacial score (nSPS) is 13.2. The molecule has 26 heavy (non-hydrogen) atoms. The van der Waals surface area contributed by atoms with Gasteiger partial charge in [-0.05, 0) is 43.3 Å². The summed E-state index contributed by atoms with van der Waals surface area (Å²) >= 11 is 11.8. The molecule has 0 N–H and O–H groups in total. The molecule has 1 aliphatic heterocycles. The number of hydrogen-bond donors (Lipinski definition) is 0. The van der Waals surface area contributed by atoms with Gasteiger partial charge in [-0.1, -0.05) is 23.2 Å². The molecular formula is C18H13Cl2FN2O3. The monoisotopic (exact) mass is 394 g/mol. The number of amides is 3. The zero-order chi connectivity index (χ0) is 19.0. The Hall–Kier alpha value is -2.44. The van der Waals surface area contributed by atoms with Crippen molar-refractivity contribution in [2.75, 3.05) is 18.0 Å². The summed E-state index contributed by atoms with van der Waals surface area (Å²) in [6, 6.07) is 8.02. The zero-order valence-corrected chi connectivity index (χ0v) is 15.1. The summed E-state index contributed by atoms with van der Waals surface area (Å²) in [6.45, 7) is 1.60. The highest BCUT2D eigenvalue weighted by atomic mass is 35.5. The molecule has 2 aromatic rings. The molecule has 0 unspecified atom stereocenters. The molecule has 0 bridgehead atoms. The van der Waals surface area contributed by atoms with Gasteiger partial charge in [0.05, 0.1) is 21.2 Å². The van der Waals surface area contributed by atoms with E-state index in [1.807, 2.05) is 0 Å². The number of nitrogens with zero attached hydrogens (tertiary/aromatic N) is 2. The molecule has 0 fully saturated rings. The van der Waals surface area contributed by atoms with Gasteiger partial charge in [0.15, 0.2) is 0 Å². The van der Waals surface area contributed by atoms with Crippen molar-refractivity contribution >= 4 is 46.6 Å². The van der Waals surface area contributed by atoms with Gasteiger partial charge in [-0.2, -0.15) is 0 Å². The first kappa shape index (κ1) is 18.4. The molecule has 1 heterocycles. The Bertz CT molecular complexity index is 874. The molecule has 5 nitrogen and oxygen atoms in total. The second kappa shape index (κ2) is 7.05. The third-order valence-electron chi connectivity index (χ3n) is 4.06. The molecule has 0 aromatic heterocycles. The minimum absolute atomic E-state index is 0.113. The van der Waals surface area contributed by atoms with Crippen molar-refractivity contribution in [1.82, 2.24) is 4.90 Å². The summed E-state index contributed by atoms with van der Waals surface area (Å²) in [7, 11) is 0. The standard InChI is InChI=1S/C18H13Cl2FN2O3/c1-2-22(11-5-3-10(21)4-6-11)16(24)9-23-17(25)12-7-14(19)15(20)8-13(12)18(23)26/h3-8H,2,9H2,1H3. The van der Waals surface area contributed by atoms with Crippen LogP contribution < -0.4 is 4.90 Å². The molecule has 0 radical (unpaired) electrons. The van der Waals surface area contributed by atoms with Crippen LogP contribution >= 0.6 is 23.2 Å². The van der Waals surface area contributed by atoms with Crippen LogP contribution in [0, 0.1) is 5.82 Å². The lowest BCUT2D eigenvalue weighted by atomic mass is 10.1. The van der Waals surface area contributed by atoms with Gasteiger partial charge in [-0.25, -0.2) is 4.39 Å². The van der Waals surface area contributed by atoms with E-state index in [1.54, 1.807) is 6.92 Å². The predicted octanol–water partition coefficient (Wildman–Crippen LogP) is 3.78. The molecule has 0 aliphatic carbocycles. The lowest BCUT2D eigenvalue weighted by Gasteiger charge is -2.23. The Morgan fingerprint density at radius 2 is 1.54 bits per heavy atom. The summed E-state index contributed by atoms with van der Waals surface area (Å²) in [4.78, 5) is 39.8. The fourth-order valence-corrected chi connectivity index (χ4v) is 3.10. The summed E-state index contributed by atoms with van der Waals surface area (Å²) < 4.78 is 13.1. The fourth-order valence-electron chi connectivity index (χ4n) is 2.77. The van der Waals surface area contributed by atoms with E-state index in [9.17, 15) is 18.8 Å². The van der Waals surface area contributed by atoms with Crippen LogP contribution in [0.5, 0.6) is 0 Å². The van der Waals surface area contributed by atoms with Crippen molar-refractivity contribution in [3.63, 3.8) is 0 Å². The van der Waals surface area contributed by atoms with E-state index in [-0.39, 0.29) is 21.2 Å². The summed E-state index contributed by atoms with van der Waals surface area (Å²) in [5, 5.41) is 0.308. The first-order valence-corrected chi connectivity index (χ1v) is 8.50. The molecule has 134 valence electrons. The van der Waals surface area contributed by atoms with E-state index < -0.39 is 30.1 Å². The van der Waals surface area contributed by atoms with Gasteiger partial charge in [0.2, 0.25) is 5.91 Å². The van der Waals surface area contributed by atoms with Crippen molar-refractivity contribution in [2.24, 2.45) is 0 Å². The van der Waals surface area contributed by atoms with Crippen molar-refractivity contribution in [1.29, 1.82) is 0 Å². The van der Waals surface area contributed by atoms with Gasteiger partial charge in [0.25, 0.3) is 11.8 Å². The Balaban J connectivity index is 1.84. The number of likely N-dealkylation sites (N-methyl/N-ethyl adjacent to an activating group) is 1. The van der Waals surface area contributed by atoms with E-state index in [0.29, 0.717) is 12.2 Å². The van der Waals surface area contributed by atoms with E-state index in [1.165, 1.54) is 41.3 Å². The van der Waals surface area contributed by atoms with Gasteiger partial charge in [0.1, 0.15) is 12.4 Å². The van der Waals surface area contributed by atoms with E-state index in [4.69, 9.17) is 23.2 Å². The van der Waals surface area contributed by atoms with Gasteiger partial charge in [-0.15, -0.1) is 0 Å². The summed E-state index contributed by atoms with van der Waals surface area (Å²) in [6.07, 6.45) is 0. The van der Waals surface area contributed by atoms with Gasteiger partial charge < -0.3 is 4.90 Å².